The molecule has 2 aliphatic rings. The number of hydrogen-bond acceptors (Lipinski definition) is 6. The molecule has 0 spiro atoms. The summed E-state index contributed by atoms with van der Waals surface area (Å²) in [6.07, 6.45) is 2.12. The average Bonchev–Trinajstić information content (AvgIpc) is 3.00. The van der Waals surface area contributed by atoms with Gasteiger partial charge < -0.3 is 20.1 Å². The van der Waals surface area contributed by atoms with E-state index in [-0.39, 0.29) is 6.10 Å². The highest BCUT2D eigenvalue weighted by Crippen LogP contribution is 2.30. The number of anilines is 1. The predicted octanol–water partition coefficient (Wildman–Crippen LogP) is 1.33. The number of aromatic nitrogens is 2. The molecule has 0 bridgehead atoms. The van der Waals surface area contributed by atoms with Crippen LogP contribution in [0.25, 0.3) is 10.9 Å². The van der Waals surface area contributed by atoms with Crippen molar-refractivity contribution in [3.63, 3.8) is 0 Å². The monoisotopic (exact) mass is 314 g/mol. The van der Waals surface area contributed by atoms with Crippen LogP contribution in [0.15, 0.2) is 24.3 Å². The molecular formula is C17H22N4O2. The van der Waals surface area contributed by atoms with Gasteiger partial charge in [-0.1, -0.05) is 12.1 Å². The van der Waals surface area contributed by atoms with Gasteiger partial charge in [0.2, 0.25) is 11.8 Å². The zero-order chi connectivity index (χ0) is 15.6. The van der Waals surface area contributed by atoms with Crippen LogP contribution >= 0.6 is 0 Å². The lowest BCUT2D eigenvalue weighted by atomic mass is 10.2. The lowest BCUT2D eigenvalue weighted by Crippen LogP contribution is -2.44. The zero-order valence-corrected chi connectivity index (χ0v) is 13.1. The van der Waals surface area contributed by atoms with E-state index in [9.17, 15) is 5.11 Å². The fraction of sp³-hybridized carbons (Fsp3) is 0.529. The minimum atomic E-state index is -0.397. The maximum absolute atomic E-state index is 10.1. The third-order valence-electron chi connectivity index (χ3n) is 4.64. The summed E-state index contributed by atoms with van der Waals surface area (Å²) in [6, 6.07) is 7.91. The average molecular weight is 314 g/mol. The number of piperazine rings is 1. The summed E-state index contributed by atoms with van der Waals surface area (Å²) in [7, 11) is 0. The molecule has 2 aromatic rings. The molecule has 0 amide bonds. The number of rotatable bonds is 3. The van der Waals surface area contributed by atoms with Crippen LogP contribution in [-0.4, -0.2) is 53.5 Å². The Morgan fingerprint density at radius 3 is 2.74 bits per heavy atom. The van der Waals surface area contributed by atoms with Crippen molar-refractivity contribution in [1.82, 2.24) is 15.3 Å². The lowest BCUT2D eigenvalue weighted by molar-refractivity contribution is 0.0585. The molecule has 2 atom stereocenters. The first kappa shape index (κ1) is 14.7. The second-order valence-electron chi connectivity index (χ2n) is 6.24. The molecule has 122 valence electrons. The fourth-order valence-corrected chi connectivity index (χ4v) is 3.32. The van der Waals surface area contributed by atoms with E-state index >= 15 is 0 Å². The molecule has 1 aromatic carbocycles. The number of ether oxygens (including phenoxy) is 1. The molecule has 6 nitrogen and oxygen atoms in total. The highest BCUT2D eigenvalue weighted by atomic mass is 16.5. The zero-order valence-electron chi connectivity index (χ0n) is 13.1. The van der Waals surface area contributed by atoms with Crippen LogP contribution < -0.4 is 15.0 Å². The van der Waals surface area contributed by atoms with Gasteiger partial charge in [0.15, 0.2) is 0 Å². The first-order valence-electron chi connectivity index (χ1n) is 8.38. The molecular weight excluding hydrogens is 292 g/mol. The third kappa shape index (κ3) is 2.96. The number of para-hydroxylation sites is 1. The number of nitrogens with one attached hydrogen (secondary N) is 1. The Bertz CT molecular complexity index is 687. The van der Waals surface area contributed by atoms with Gasteiger partial charge in [-0.15, -0.1) is 0 Å². The van der Waals surface area contributed by atoms with Crippen LogP contribution in [0.4, 0.5) is 5.95 Å². The standard InChI is InChI=1S/C17H22N4O2/c22-14-6-3-7-15(14)23-16-12-4-1-2-5-13(12)19-17(20-16)21-10-8-18-9-11-21/h1-2,4-5,14-15,18,22H,3,6-11H2/t14-,15+/m0/s1. The van der Waals surface area contributed by atoms with Crippen molar-refractivity contribution in [3.05, 3.63) is 24.3 Å². The highest BCUT2D eigenvalue weighted by Gasteiger charge is 2.28. The number of benzene rings is 1. The summed E-state index contributed by atoms with van der Waals surface area (Å²) in [4.78, 5) is 11.6. The molecule has 6 heteroatoms. The van der Waals surface area contributed by atoms with E-state index in [0.29, 0.717) is 11.8 Å². The van der Waals surface area contributed by atoms with Crippen molar-refractivity contribution in [1.29, 1.82) is 0 Å². The van der Waals surface area contributed by atoms with Crippen LogP contribution in [0.2, 0.25) is 0 Å². The molecule has 0 unspecified atom stereocenters. The van der Waals surface area contributed by atoms with Gasteiger partial charge in [0, 0.05) is 26.2 Å². The molecule has 23 heavy (non-hydrogen) atoms. The van der Waals surface area contributed by atoms with E-state index in [0.717, 1.165) is 56.3 Å². The van der Waals surface area contributed by atoms with Crippen LogP contribution in [0, 0.1) is 0 Å². The van der Waals surface area contributed by atoms with Crippen LogP contribution in [0.1, 0.15) is 19.3 Å². The molecule has 2 fully saturated rings. The Morgan fingerprint density at radius 2 is 1.96 bits per heavy atom. The number of aliphatic hydroxyl groups excluding tert-OH is 1. The smallest absolute Gasteiger partial charge is 0.229 e. The van der Waals surface area contributed by atoms with Gasteiger partial charge in [-0.3, -0.25) is 0 Å². The Kier molecular flexibility index (Phi) is 4.01. The molecule has 1 aromatic heterocycles. The number of nitrogens with zero attached hydrogens (tertiary/aromatic N) is 3. The van der Waals surface area contributed by atoms with E-state index < -0.39 is 6.10 Å². The lowest BCUT2D eigenvalue weighted by Gasteiger charge is -2.28. The second kappa shape index (κ2) is 6.29. The summed E-state index contributed by atoms with van der Waals surface area (Å²) in [5.74, 6) is 1.31. The summed E-state index contributed by atoms with van der Waals surface area (Å²) in [5.41, 5.74) is 0.888. The first-order chi connectivity index (χ1) is 11.3. The minimum absolute atomic E-state index is 0.163. The molecule has 1 saturated carbocycles. The van der Waals surface area contributed by atoms with Crippen molar-refractivity contribution < 1.29 is 9.84 Å². The second-order valence-corrected chi connectivity index (χ2v) is 6.24. The molecule has 4 rings (SSSR count). The SMILES string of the molecule is O[C@H]1CCC[C@H]1Oc1nc(N2CCNCC2)nc2ccccc12. The summed E-state index contributed by atoms with van der Waals surface area (Å²) in [5, 5.41) is 14.3. The Labute approximate surface area is 135 Å². The largest absolute Gasteiger partial charge is 0.471 e. The summed E-state index contributed by atoms with van der Waals surface area (Å²) in [6.45, 7) is 3.66. The van der Waals surface area contributed by atoms with Crippen molar-refractivity contribution in [3.8, 4) is 5.88 Å². The Hall–Kier alpha value is -1.92. The van der Waals surface area contributed by atoms with E-state index in [2.05, 4.69) is 15.2 Å². The maximum Gasteiger partial charge on any atom is 0.229 e. The van der Waals surface area contributed by atoms with Crippen LogP contribution in [0.3, 0.4) is 0 Å². The van der Waals surface area contributed by atoms with Crippen molar-refractivity contribution in [2.24, 2.45) is 0 Å². The van der Waals surface area contributed by atoms with Crippen LogP contribution in [0.5, 0.6) is 5.88 Å². The van der Waals surface area contributed by atoms with Gasteiger partial charge >= 0.3 is 0 Å². The molecule has 2 N–H and O–H groups in total. The molecule has 1 aliphatic carbocycles. The van der Waals surface area contributed by atoms with Gasteiger partial charge in [-0.05, 0) is 31.4 Å². The quantitative estimate of drug-likeness (QED) is 0.891. The molecule has 2 heterocycles. The van der Waals surface area contributed by atoms with E-state index in [4.69, 9.17) is 9.72 Å². The van der Waals surface area contributed by atoms with Crippen molar-refractivity contribution >= 4 is 16.9 Å². The first-order valence-corrected chi connectivity index (χ1v) is 8.38. The Balaban J connectivity index is 1.71. The van der Waals surface area contributed by atoms with Crippen molar-refractivity contribution in [2.75, 3.05) is 31.1 Å². The fourth-order valence-electron chi connectivity index (χ4n) is 3.32. The Morgan fingerprint density at radius 1 is 1.13 bits per heavy atom. The van der Waals surface area contributed by atoms with Crippen LogP contribution in [-0.2, 0) is 0 Å². The van der Waals surface area contributed by atoms with Gasteiger partial charge in [0.1, 0.15) is 6.10 Å². The van der Waals surface area contributed by atoms with Gasteiger partial charge in [0.25, 0.3) is 0 Å². The van der Waals surface area contributed by atoms with Gasteiger partial charge in [-0.25, -0.2) is 4.98 Å². The van der Waals surface area contributed by atoms with Crippen molar-refractivity contribution in [2.45, 2.75) is 31.5 Å². The molecule has 1 saturated heterocycles. The molecule has 0 radical (unpaired) electrons. The maximum atomic E-state index is 10.1. The van der Waals surface area contributed by atoms with Gasteiger partial charge in [-0.2, -0.15) is 4.98 Å². The highest BCUT2D eigenvalue weighted by molar-refractivity contribution is 5.84. The number of aliphatic hydroxyl groups is 1. The summed E-state index contributed by atoms with van der Waals surface area (Å²) >= 11 is 0. The van der Waals surface area contributed by atoms with E-state index in [1.54, 1.807) is 0 Å². The number of fused-ring (bicyclic) bond motifs is 1. The topological polar surface area (TPSA) is 70.5 Å². The minimum Gasteiger partial charge on any atom is -0.471 e. The van der Waals surface area contributed by atoms with E-state index in [1.165, 1.54) is 0 Å². The number of hydrogen-bond donors (Lipinski definition) is 2. The summed E-state index contributed by atoms with van der Waals surface area (Å²) < 4.78 is 6.09. The normalized spacial score (nSPS) is 25.0. The third-order valence-corrected chi connectivity index (χ3v) is 4.64. The van der Waals surface area contributed by atoms with E-state index in [1.807, 2.05) is 24.3 Å². The van der Waals surface area contributed by atoms with Gasteiger partial charge in [0.05, 0.1) is 17.0 Å². The predicted molar refractivity (Wildman–Crippen MR) is 88.9 cm³/mol. The molecule has 1 aliphatic heterocycles.